The van der Waals surface area contributed by atoms with Gasteiger partial charge in [0.2, 0.25) is 0 Å². The predicted molar refractivity (Wildman–Crippen MR) is 134 cm³/mol. The molecular formula is C26H27N3O4S. The molecule has 1 aromatic carbocycles. The second kappa shape index (κ2) is 10.4. The number of hydrogen-bond donors (Lipinski definition) is 2. The average Bonchev–Trinajstić information content (AvgIpc) is 3.53. The van der Waals surface area contributed by atoms with Gasteiger partial charge in [-0.1, -0.05) is 13.0 Å². The van der Waals surface area contributed by atoms with E-state index >= 15 is 0 Å². The number of aromatic nitrogens is 1. The molecule has 0 saturated carbocycles. The Bertz CT molecular complexity index is 1270. The van der Waals surface area contributed by atoms with Crippen LogP contribution in [0.5, 0.6) is 11.5 Å². The minimum Gasteiger partial charge on any atom is -0.497 e. The molecule has 4 aromatic rings. The highest BCUT2D eigenvalue weighted by Gasteiger charge is 2.26. The zero-order chi connectivity index (χ0) is 24.1. The van der Waals surface area contributed by atoms with Crippen molar-refractivity contribution in [2.24, 2.45) is 0 Å². The Balaban J connectivity index is 1.82. The first-order chi connectivity index (χ1) is 16.5. The van der Waals surface area contributed by atoms with Crippen LogP contribution in [0.4, 0.5) is 10.8 Å². The van der Waals surface area contributed by atoms with E-state index in [4.69, 9.17) is 13.9 Å². The standard InChI is InChI=1S/C26H27N3O4S/c1-5-18-15-20(26(34-18)29-25(30)21-9-7-13-33-21)24(28-23-10-6-8-16(2)27-23)19-12-11-17(31-3)14-22(19)32-4/h6-15,24H,5H2,1-4H3,(H,27,28)(H,29,30)/t24-/m0/s1. The molecule has 0 spiro atoms. The van der Waals surface area contributed by atoms with E-state index in [1.165, 1.54) is 6.26 Å². The summed E-state index contributed by atoms with van der Waals surface area (Å²) < 4.78 is 16.4. The third-order valence-corrected chi connectivity index (χ3v) is 6.59. The molecule has 0 aliphatic rings. The lowest BCUT2D eigenvalue weighted by Gasteiger charge is -2.23. The third kappa shape index (κ3) is 5.07. The van der Waals surface area contributed by atoms with Crippen LogP contribution in [0.15, 0.2) is 65.3 Å². The van der Waals surface area contributed by atoms with Crippen LogP contribution in [0.2, 0.25) is 0 Å². The first-order valence-corrected chi connectivity index (χ1v) is 11.7. The molecule has 2 N–H and O–H groups in total. The molecule has 0 fully saturated rings. The molecule has 8 heteroatoms. The van der Waals surface area contributed by atoms with Crippen molar-refractivity contribution in [3.63, 3.8) is 0 Å². The second-order valence-corrected chi connectivity index (χ2v) is 8.77. The smallest absolute Gasteiger partial charge is 0.291 e. The maximum atomic E-state index is 12.8. The van der Waals surface area contributed by atoms with Gasteiger partial charge in [0.25, 0.3) is 5.91 Å². The Labute approximate surface area is 202 Å². The Kier molecular flexibility index (Phi) is 7.18. The lowest BCUT2D eigenvalue weighted by atomic mass is 9.98. The third-order valence-electron chi connectivity index (χ3n) is 5.38. The molecule has 34 heavy (non-hydrogen) atoms. The zero-order valence-electron chi connectivity index (χ0n) is 19.5. The molecule has 0 bridgehead atoms. The number of nitrogens with one attached hydrogen (secondary N) is 2. The number of thiophene rings is 1. The van der Waals surface area contributed by atoms with Gasteiger partial charge < -0.3 is 24.5 Å². The number of furan rings is 1. The van der Waals surface area contributed by atoms with Crippen molar-refractivity contribution >= 4 is 28.1 Å². The summed E-state index contributed by atoms with van der Waals surface area (Å²) in [5, 5.41) is 7.32. The van der Waals surface area contributed by atoms with Gasteiger partial charge in [-0.2, -0.15) is 0 Å². The van der Waals surface area contributed by atoms with Gasteiger partial charge in [0.15, 0.2) is 5.76 Å². The van der Waals surface area contributed by atoms with Crippen molar-refractivity contribution in [2.75, 3.05) is 24.9 Å². The SMILES string of the molecule is CCc1cc([C@@H](Nc2cccc(C)n2)c2ccc(OC)cc2OC)c(NC(=O)c2ccco2)s1. The van der Waals surface area contributed by atoms with Gasteiger partial charge in [0.1, 0.15) is 22.3 Å². The highest BCUT2D eigenvalue weighted by atomic mass is 32.1. The molecule has 1 amide bonds. The second-order valence-electron chi connectivity index (χ2n) is 7.63. The number of pyridine rings is 1. The largest absolute Gasteiger partial charge is 0.497 e. The van der Waals surface area contributed by atoms with Crippen LogP contribution in [-0.2, 0) is 6.42 Å². The van der Waals surface area contributed by atoms with E-state index in [1.807, 2.05) is 43.3 Å². The van der Waals surface area contributed by atoms with Crippen molar-refractivity contribution in [1.29, 1.82) is 0 Å². The molecule has 0 aliphatic carbocycles. The van der Waals surface area contributed by atoms with Gasteiger partial charge in [0, 0.05) is 27.8 Å². The lowest BCUT2D eigenvalue weighted by molar-refractivity contribution is 0.0997. The summed E-state index contributed by atoms with van der Waals surface area (Å²) in [5.74, 6) is 2.03. The van der Waals surface area contributed by atoms with E-state index in [9.17, 15) is 4.79 Å². The normalized spacial score (nSPS) is 11.6. The van der Waals surface area contributed by atoms with Crippen molar-refractivity contribution in [3.8, 4) is 11.5 Å². The number of carbonyl (C=O) groups excluding carboxylic acids is 1. The molecular weight excluding hydrogens is 450 g/mol. The summed E-state index contributed by atoms with van der Waals surface area (Å²) in [7, 11) is 3.25. The molecule has 0 aliphatic heterocycles. The Morgan fingerprint density at radius 1 is 1.09 bits per heavy atom. The fourth-order valence-electron chi connectivity index (χ4n) is 3.67. The number of amides is 1. The minimum atomic E-state index is -0.349. The first kappa shape index (κ1) is 23.4. The van der Waals surface area contributed by atoms with E-state index in [0.717, 1.165) is 38.9 Å². The molecule has 1 atom stereocenters. The number of nitrogens with zero attached hydrogens (tertiary/aromatic N) is 1. The number of ether oxygens (including phenoxy) is 2. The van der Waals surface area contributed by atoms with Gasteiger partial charge >= 0.3 is 0 Å². The van der Waals surface area contributed by atoms with Gasteiger partial charge in [-0.15, -0.1) is 11.3 Å². The number of hydrogen-bond acceptors (Lipinski definition) is 7. The molecule has 0 unspecified atom stereocenters. The van der Waals surface area contributed by atoms with Crippen LogP contribution in [0.3, 0.4) is 0 Å². The zero-order valence-corrected chi connectivity index (χ0v) is 20.4. The maximum Gasteiger partial charge on any atom is 0.291 e. The van der Waals surface area contributed by atoms with E-state index < -0.39 is 0 Å². The van der Waals surface area contributed by atoms with Gasteiger partial charge in [-0.25, -0.2) is 4.98 Å². The number of aryl methyl sites for hydroxylation is 2. The van der Waals surface area contributed by atoms with Gasteiger partial charge in [-0.05, 0) is 55.8 Å². The maximum absolute atomic E-state index is 12.8. The Hall–Kier alpha value is -3.78. The number of anilines is 2. The molecule has 0 radical (unpaired) electrons. The van der Waals surface area contributed by atoms with Crippen LogP contribution < -0.4 is 20.1 Å². The Morgan fingerprint density at radius 2 is 1.94 bits per heavy atom. The van der Waals surface area contributed by atoms with Gasteiger partial charge in [0.05, 0.1) is 26.5 Å². The van der Waals surface area contributed by atoms with Crippen LogP contribution in [0, 0.1) is 6.92 Å². The number of methoxy groups -OCH3 is 2. The van der Waals surface area contributed by atoms with E-state index in [-0.39, 0.29) is 17.7 Å². The molecule has 3 heterocycles. The predicted octanol–water partition coefficient (Wildman–Crippen LogP) is 6.08. The van der Waals surface area contributed by atoms with E-state index in [2.05, 4.69) is 28.6 Å². The van der Waals surface area contributed by atoms with Gasteiger partial charge in [-0.3, -0.25) is 4.79 Å². The molecule has 176 valence electrons. The molecule has 0 saturated heterocycles. The summed E-state index contributed by atoms with van der Waals surface area (Å²) >= 11 is 1.54. The van der Waals surface area contributed by atoms with Crippen molar-refractivity contribution in [3.05, 3.63) is 88.3 Å². The summed E-state index contributed by atoms with van der Waals surface area (Å²) in [6.07, 6.45) is 2.32. The number of carbonyl (C=O) groups is 1. The van der Waals surface area contributed by atoms with E-state index in [0.29, 0.717) is 11.5 Å². The highest BCUT2D eigenvalue weighted by molar-refractivity contribution is 7.16. The summed E-state index contributed by atoms with van der Waals surface area (Å²) in [5.41, 5.74) is 2.70. The van der Waals surface area contributed by atoms with Crippen LogP contribution in [0.1, 0.15) is 45.2 Å². The van der Waals surface area contributed by atoms with Crippen LogP contribution in [-0.4, -0.2) is 25.1 Å². The van der Waals surface area contributed by atoms with Crippen molar-refractivity contribution < 1.29 is 18.7 Å². The minimum absolute atomic E-state index is 0.254. The average molecular weight is 478 g/mol. The summed E-state index contributed by atoms with van der Waals surface area (Å²) in [6, 6.07) is 16.6. The number of benzene rings is 1. The van der Waals surface area contributed by atoms with Crippen molar-refractivity contribution in [2.45, 2.75) is 26.3 Å². The quantitative estimate of drug-likeness (QED) is 0.304. The highest BCUT2D eigenvalue weighted by Crippen LogP contribution is 2.41. The Morgan fingerprint density at radius 3 is 2.62 bits per heavy atom. The number of rotatable bonds is 9. The van der Waals surface area contributed by atoms with Crippen LogP contribution >= 0.6 is 11.3 Å². The molecule has 7 nitrogen and oxygen atoms in total. The first-order valence-electron chi connectivity index (χ1n) is 10.9. The topological polar surface area (TPSA) is 85.6 Å². The summed E-state index contributed by atoms with van der Waals surface area (Å²) in [4.78, 5) is 18.6. The van der Waals surface area contributed by atoms with Crippen molar-refractivity contribution in [1.82, 2.24) is 4.98 Å². The fraction of sp³-hybridized carbons (Fsp3) is 0.231. The van der Waals surface area contributed by atoms with Crippen LogP contribution in [0.25, 0.3) is 0 Å². The molecule has 4 rings (SSSR count). The fourth-order valence-corrected chi connectivity index (χ4v) is 4.70. The monoisotopic (exact) mass is 477 g/mol. The van der Waals surface area contributed by atoms with E-state index in [1.54, 1.807) is 37.7 Å². The molecule has 3 aromatic heterocycles. The summed E-state index contributed by atoms with van der Waals surface area (Å²) in [6.45, 7) is 4.04. The lowest BCUT2D eigenvalue weighted by Crippen LogP contribution is -2.17.